The Bertz CT molecular complexity index is 476. The number of nitro benzene ring substituents is 1. The summed E-state index contributed by atoms with van der Waals surface area (Å²) in [4.78, 5) is 12.4. The number of benzene rings is 1. The fourth-order valence-electron chi connectivity index (χ4n) is 2.84. The van der Waals surface area contributed by atoms with E-state index in [0.29, 0.717) is 5.92 Å². The summed E-state index contributed by atoms with van der Waals surface area (Å²) in [7, 11) is 0. The molecule has 19 heavy (non-hydrogen) atoms. The molecule has 1 saturated heterocycles. The molecule has 0 atom stereocenters. The molecular weight excluding hydrogens is 244 g/mol. The highest BCUT2D eigenvalue weighted by molar-refractivity contribution is 5.33. The molecule has 1 aromatic carbocycles. The zero-order valence-corrected chi connectivity index (χ0v) is 10.8. The SMILES string of the molecule is O=[N+]([O-])c1ccc(CCN2CC(O)(C3CC3)C2)cc1. The maximum Gasteiger partial charge on any atom is 0.269 e. The van der Waals surface area contributed by atoms with E-state index in [2.05, 4.69) is 4.90 Å². The Morgan fingerprint density at radius 1 is 1.32 bits per heavy atom. The van der Waals surface area contributed by atoms with E-state index in [9.17, 15) is 15.2 Å². The van der Waals surface area contributed by atoms with E-state index in [4.69, 9.17) is 0 Å². The predicted octanol–water partition coefficient (Wildman–Crippen LogP) is 1.59. The number of aliphatic hydroxyl groups is 1. The van der Waals surface area contributed by atoms with Gasteiger partial charge in [0.25, 0.3) is 5.69 Å². The number of likely N-dealkylation sites (tertiary alicyclic amines) is 1. The second-order valence-electron chi connectivity index (χ2n) is 5.76. The van der Waals surface area contributed by atoms with E-state index in [1.54, 1.807) is 12.1 Å². The molecule has 0 aromatic heterocycles. The van der Waals surface area contributed by atoms with E-state index in [1.165, 1.54) is 12.8 Å². The summed E-state index contributed by atoms with van der Waals surface area (Å²) >= 11 is 0. The molecule has 0 amide bonds. The van der Waals surface area contributed by atoms with Gasteiger partial charge >= 0.3 is 0 Å². The lowest BCUT2D eigenvalue weighted by atomic mass is 9.88. The number of rotatable bonds is 5. The third kappa shape index (κ3) is 2.62. The van der Waals surface area contributed by atoms with Gasteiger partial charge in [0.15, 0.2) is 0 Å². The summed E-state index contributed by atoms with van der Waals surface area (Å²) in [5, 5.41) is 20.7. The highest BCUT2D eigenvalue weighted by Gasteiger charge is 2.51. The summed E-state index contributed by atoms with van der Waals surface area (Å²) in [6.45, 7) is 2.47. The second kappa shape index (κ2) is 4.58. The Labute approximate surface area is 112 Å². The van der Waals surface area contributed by atoms with Crippen LogP contribution in [0.3, 0.4) is 0 Å². The van der Waals surface area contributed by atoms with E-state index in [0.717, 1.165) is 31.6 Å². The molecule has 1 aliphatic carbocycles. The Morgan fingerprint density at radius 2 is 1.95 bits per heavy atom. The van der Waals surface area contributed by atoms with Crippen LogP contribution in [0.2, 0.25) is 0 Å². The van der Waals surface area contributed by atoms with Crippen LogP contribution in [0.1, 0.15) is 18.4 Å². The van der Waals surface area contributed by atoms with Crippen LogP contribution in [-0.4, -0.2) is 40.2 Å². The molecule has 102 valence electrons. The minimum atomic E-state index is -0.421. The van der Waals surface area contributed by atoms with Crippen LogP contribution in [-0.2, 0) is 6.42 Å². The van der Waals surface area contributed by atoms with Crippen LogP contribution >= 0.6 is 0 Å². The summed E-state index contributed by atoms with van der Waals surface area (Å²) < 4.78 is 0. The van der Waals surface area contributed by atoms with Gasteiger partial charge in [-0.1, -0.05) is 12.1 Å². The number of nitro groups is 1. The number of nitrogens with zero attached hydrogens (tertiary/aromatic N) is 2. The number of hydrogen-bond acceptors (Lipinski definition) is 4. The smallest absolute Gasteiger partial charge is 0.269 e. The average molecular weight is 262 g/mol. The molecule has 2 fully saturated rings. The topological polar surface area (TPSA) is 66.6 Å². The molecule has 5 nitrogen and oxygen atoms in total. The van der Waals surface area contributed by atoms with Gasteiger partial charge in [-0.25, -0.2) is 0 Å². The second-order valence-corrected chi connectivity index (χ2v) is 5.76. The molecule has 2 aliphatic rings. The summed E-state index contributed by atoms with van der Waals surface area (Å²) in [6, 6.07) is 6.72. The van der Waals surface area contributed by atoms with Crippen LogP contribution in [0.5, 0.6) is 0 Å². The van der Waals surface area contributed by atoms with Crippen molar-refractivity contribution in [2.75, 3.05) is 19.6 Å². The Hall–Kier alpha value is -1.46. The molecule has 0 bridgehead atoms. The summed E-state index contributed by atoms with van der Waals surface area (Å²) in [5.41, 5.74) is 0.818. The van der Waals surface area contributed by atoms with Crippen molar-refractivity contribution in [1.82, 2.24) is 4.90 Å². The number of hydrogen-bond donors (Lipinski definition) is 1. The fraction of sp³-hybridized carbons (Fsp3) is 0.571. The Balaban J connectivity index is 1.46. The molecule has 1 saturated carbocycles. The van der Waals surface area contributed by atoms with Crippen molar-refractivity contribution >= 4 is 5.69 Å². The normalized spacial score (nSPS) is 21.9. The van der Waals surface area contributed by atoms with E-state index in [-0.39, 0.29) is 10.6 Å². The largest absolute Gasteiger partial charge is 0.387 e. The minimum absolute atomic E-state index is 0.135. The van der Waals surface area contributed by atoms with Gasteiger partial charge in [-0.05, 0) is 30.7 Å². The number of non-ortho nitro benzene ring substituents is 1. The lowest BCUT2D eigenvalue weighted by Crippen LogP contribution is -2.63. The lowest BCUT2D eigenvalue weighted by Gasteiger charge is -2.47. The first-order valence-corrected chi connectivity index (χ1v) is 6.75. The summed E-state index contributed by atoms with van der Waals surface area (Å²) in [6.07, 6.45) is 3.22. The van der Waals surface area contributed by atoms with Crippen molar-refractivity contribution in [1.29, 1.82) is 0 Å². The fourth-order valence-corrected chi connectivity index (χ4v) is 2.84. The molecular formula is C14H18N2O3. The van der Waals surface area contributed by atoms with Crippen LogP contribution in [0.4, 0.5) is 5.69 Å². The lowest BCUT2D eigenvalue weighted by molar-refractivity contribution is -0.384. The van der Waals surface area contributed by atoms with Gasteiger partial charge in [-0.2, -0.15) is 0 Å². The van der Waals surface area contributed by atoms with Crippen LogP contribution in [0.15, 0.2) is 24.3 Å². The van der Waals surface area contributed by atoms with Crippen LogP contribution in [0.25, 0.3) is 0 Å². The summed E-state index contributed by atoms with van der Waals surface area (Å²) in [5.74, 6) is 0.531. The first kappa shape index (κ1) is 12.6. The zero-order valence-electron chi connectivity index (χ0n) is 10.8. The third-order valence-electron chi connectivity index (χ3n) is 4.20. The third-order valence-corrected chi connectivity index (χ3v) is 4.20. The van der Waals surface area contributed by atoms with Gasteiger partial charge < -0.3 is 5.11 Å². The molecule has 0 unspecified atom stereocenters. The molecule has 1 N–H and O–H groups in total. The highest BCUT2D eigenvalue weighted by atomic mass is 16.6. The predicted molar refractivity (Wildman–Crippen MR) is 70.9 cm³/mol. The molecule has 1 aromatic rings. The zero-order chi connectivity index (χ0) is 13.5. The Morgan fingerprint density at radius 3 is 2.47 bits per heavy atom. The molecule has 0 radical (unpaired) electrons. The van der Waals surface area contributed by atoms with Crippen molar-refractivity contribution in [2.24, 2.45) is 5.92 Å². The van der Waals surface area contributed by atoms with Crippen molar-refractivity contribution in [3.05, 3.63) is 39.9 Å². The number of β-amino-alcohol motifs (C(OH)–C–C–N with tert-alkyl or cyclic N) is 1. The van der Waals surface area contributed by atoms with E-state index < -0.39 is 5.60 Å². The maximum atomic E-state index is 10.5. The molecule has 5 heteroatoms. The maximum absolute atomic E-state index is 10.5. The molecule has 1 aliphatic heterocycles. The molecule has 3 rings (SSSR count). The monoisotopic (exact) mass is 262 g/mol. The highest BCUT2D eigenvalue weighted by Crippen LogP contribution is 2.44. The van der Waals surface area contributed by atoms with Crippen LogP contribution < -0.4 is 0 Å². The molecule has 0 spiro atoms. The van der Waals surface area contributed by atoms with Gasteiger partial charge in [-0.15, -0.1) is 0 Å². The standard InChI is InChI=1S/C14H18N2O3/c17-14(12-3-4-12)9-15(10-14)8-7-11-1-5-13(6-2-11)16(18)19/h1-2,5-6,12,17H,3-4,7-10H2. The van der Waals surface area contributed by atoms with Gasteiger partial charge in [-0.3, -0.25) is 15.0 Å². The van der Waals surface area contributed by atoms with Crippen molar-refractivity contribution < 1.29 is 10.0 Å². The molecule has 1 heterocycles. The van der Waals surface area contributed by atoms with Crippen molar-refractivity contribution in [3.63, 3.8) is 0 Å². The quantitative estimate of drug-likeness (QED) is 0.646. The average Bonchev–Trinajstić information content (AvgIpc) is 3.18. The van der Waals surface area contributed by atoms with Gasteiger partial charge in [0.05, 0.1) is 10.5 Å². The van der Waals surface area contributed by atoms with E-state index in [1.807, 2.05) is 12.1 Å². The van der Waals surface area contributed by atoms with E-state index >= 15 is 0 Å². The minimum Gasteiger partial charge on any atom is -0.387 e. The van der Waals surface area contributed by atoms with Crippen LogP contribution in [0, 0.1) is 16.0 Å². The van der Waals surface area contributed by atoms with Crippen molar-refractivity contribution in [2.45, 2.75) is 24.9 Å². The van der Waals surface area contributed by atoms with Gasteiger partial charge in [0, 0.05) is 31.8 Å². The first-order valence-electron chi connectivity index (χ1n) is 6.75. The van der Waals surface area contributed by atoms with Gasteiger partial charge in [0.1, 0.15) is 0 Å². The Kier molecular flexibility index (Phi) is 3.03. The van der Waals surface area contributed by atoms with Crippen molar-refractivity contribution in [3.8, 4) is 0 Å². The van der Waals surface area contributed by atoms with Gasteiger partial charge in [0.2, 0.25) is 0 Å². The first-order chi connectivity index (χ1) is 9.07.